The molecule has 98 valence electrons. The molecule has 4 heteroatoms. The van der Waals surface area contributed by atoms with Gasteiger partial charge in [-0.2, -0.15) is 0 Å². The molecule has 1 saturated heterocycles. The van der Waals surface area contributed by atoms with E-state index in [-0.39, 0.29) is 5.91 Å². The Bertz CT molecular complexity index is 422. The topological polar surface area (TPSA) is 55.6 Å². The van der Waals surface area contributed by atoms with E-state index in [4.69, 9.17) is 10.5 Å². The van der Waals surface area contributed by atoms with Gasteiger partial charge in [0.2, 0.25) is 0 Å². The number of anilines is 1. The second kappa shape index (κ2) is 5.08. The fourth-order valence-electron chi connectivity index (χ4n) is 2.28. The maximum absolute atomic E-state index is 12.4. The molecule has 1 atom stereocenters. The molecule has 1 fully saturated rings. The number of hydrogen-bond acceptors (Lipinski definition) is 3. The van der Waals surface area contributed by atoms with Gasteiger partial charge >= 0.3 is 0 Å². The van der Waals surface area contributed by atoms with Crippen molar-refractivity contribution in [1.29, 1.82) is 0 Å². The smallest absolute Gasteiger partial charge is 0.258 e. The van der Waals surface area contributed by atoms with Gasteiger partial charge in [0.25, 0.3) is 5.91 Å². The van der Waals surface area contributed by atoms with Gasteiger partial charge in [-0.25, -0.2) is 0 Å². The Hall–Kier alpha value is -1.39. The summed E-state index contributed by atoms with van der Waals surface area (Å²) in [4.78, 5) is 14.1. The van der Waals surface area contributed by atoms with Crippen LogP contribution >= 0.6 is 0 Å². The predicted molar refractivity (Wildman–Crippen MR) is 71.3 cm³/mol. The first-order chi connectivity index (χ1) is 8.57. The highest BCUT2D eigenvalue weighted by molar-refractivity contribution is 5.98. The molecule has 2 rings (SSSR count). The number of carbonyl (C=O) groups is 1. The third kappa shape index (κ3) is 2.40. The van der Waals surface area contributed by atoms with Gasteiger partial charge in [0.1, 0.15) is 5.60 Å². The molecule has 1 aromatic carbocycles. The van der Waals surface area contributed by atoms with Gasteiger partial charge in [-0.05, 0) is 37.5 Å². The lowest BCUT2D eigenvalue weighted by atomic mass is 10.0. The standard InChI is InChI=1S/C14H20N2O2/c1-14(8-3-9-18-14)13(17)16(2)12-6-4-11(10-15)5-7-12/h4-7H,3,8-10,15H2,1-2H3. The Kier molecular flexibility index (Phi) is 3.68. The summed E-state index contributed by atoms with van der Waals surface area (Å²) in [6.45, 7) is 3.05. The van der Waals surface area contributed by atoms with Crippen LogP contribution in [-0.4, -0.2) is 25.2 Å². The zero-order chi connectivity index (χ0) is 13.2. The molecule has 0 radical (unpaired) electrons. The molecular formula is C14H20N2O2. The zero-order valence-electron chi connectivity index (χ0n) is 11.0. The number of rotatable bonds is 3. The van der Waals surface area contributed by atoms with E-state index in [9.17, 15) is 4.79 Å². The van der Waals surface area contributed by atoms with E-state index in [0.717, 1.165) is 24.1 Å². The predicted octanol–water partition coefficient (Wildman–Crippen LogP) is 1.68. The van der Waals surface area contributed by atoms with Crippen molar-refractivity contribution in [3.8, 4) is 0 Å². The van der Waals surface area contributed by atoms with E-state index < -0.39 is 5.60 Å². The number of nitrogens with two attached hydrogens (primary N) is 1. The van der Waals surface area contributed by atoms with Crippen LogP contribution < -0.4 is 10.6 Å². The van der Waals surface area contributed by atoms with Gasteiger partial charge in [-0.15, -0.1) is 0 Å². The van der Waals surface area contributed by atoms with E-state index in [1.54, 1.807) is 11.9 Å². The first-order valence-corrected chi connectivity index (χ1v) is 6.28. The third-order valence-electron chi connectivity index (χ3n) is 3.54. The average Bonchev–Trinajstić information content (AvgIpc) is 2.85. The Balaban J connectivity index is 2.14. The van der Waals surface area contributed by atoms with Crippen LogP contribution in [0.1, 0.15) is 25.3 Å². The van der Waals surface area contributed by atoms with Crippen molar-refractivity contribution < 1.29 is 9.53 Å². The van der Waals surface area contributed by atoms with Crippen molar-refractivity contribution >= 4 is 11.6 Å². The number of amides is 1. The highest BCUT2D eigenvalue weighted by Gasteiger charge is 2.39. The molecule has 1 unspecified atom stereocenters. The van der Waals surface area contributed by atoms with Crippen LogP contribution in [0, 0.1) is 0 Å². The van der Waals surface area contributed by atoms with Gasteiger partial charge < -0.3 is 15.4 Å². The zero-order valence-corrected chi connectivity index (χ0v) is 11.0. The summed E-state index contributed by atoms with van der Waals surface area (Å²) < 4.78 is 5.58. The monoisotopic (exact) mass is 248 g/mol. The fraction of sp³-hybridized carbons (Fsp3) is 0.500. The van der Waals surface area contributed by atoms with Crippen LogP contribution in [0.4, 0.5) is 5.69 Å². The molecule has 2 N–H and O–H groups in total. The quantitative estimate of drug-likeness (QED) is 0.885. The molecule has 18 heavy (non-hydrogen) atoms. The minimum absolute atomic E-state index is 0.0144. The summed E-state index contributed by atoms with van der Waals surface area (Å²) in [5, 5.41) is 0. The van der Waals surface area contributed by atoms with Crippen molar-refractivity contribution in [3.05, 3.63) is 29.8 Å². The normalized spacial score (nSPS) is 23.1. The molecule has 1 heterocycles. The van der Waals surface area contributed by atoms with Gasteiger partial charge in [0.15, 0.2) is 0 Å². The minimum atomic E-state index is -0.665. The van der Waals surface area contributed by atoms with Crippen LogP contribution in [0.2, 0.25) is 0 Å². The summed E-state index contributed by atoms with van der Waals surface area (Å²) in [6, 6.07) is 7.71. The van der Waals surface area contributed by atoms with Crippen molar-refractivity contribution in [2.24, 2.45) is 5.73 Å². The fourth-order valence-corrected chi connectivity index (χ4v) is 2.28. The first kappa shape index (κ1) is 13.1. The van der Waals surface area contributed by atoms with Gasteiger partial charge in [0, 0.05) is 25.9 Å². The second-order valence-corrected chi connectivity index (χ2v) is 4.92. The van der Waals surface area contributed by atoms with Crippen LogP contribution in [0.25, 0.3) is 0 Å². The second-order valence-electron chi connectivity index (χ2n) is 4.92. The van der Waals surface area contributed by atoms with E-state index in [0.29, 0.717) is 13.2 Å². The number of nitrogens with zero attached hydrogens (tertiary/aromatic N) is 1. The largest absolute Gasteiger partial charge is 0.365 e. The maximum Gasteiger partial charge on any atom is 0.258 e. The van der Waals surface area contributed by atoms with Crippen molar-refractivity contribution in [1.82, 2.24) is 0 Å². The van der Waals surface area contributed by atoms with Crippen LogP contribution in [0.15, 0.2) is 24.3 Å². The Morgan fingerprint density at radius 3 is 2.61 bits per heavy atom. The lowest BCUT2D eigenvalue weighted by molar-refractivity contribution is -0.136. The van der Waals surface area contributed by atoms with Gasteiger partial charge in [-0.3, -0.25) is 4.79 Å². The maximum atomic E-state index is 12.4. The molecule has 0 spiro atoms. The summed E-state index contributed by atoms with van der Waals surface area (Å²) in [5.41, 5.74) is 6.82. The number of benzene rings is 1. The molecule has 0 aromatic heterocycles. The van der Waals surface area contributed by atoms with Crippen LogP contribution in [0.5, 0.6) is 0 Å². The Morgan fingerprint density at radius 2 is 2.11 bits per heavy atom. The van der Waals surface area contributed by atoms with Crippen LogP contribution in [0.3, 0.4) is 0 Å². The molecule has 0 saturated carbocycles. The number of likely N-dealkylation sites (N-methyl/N-ethyl adjacent to an activating group) is 1. The summed E-state index contributed by atoms with van der Waals surface area (Å²) >= 11 is 0. The third-order valence-corrected chi connectivity index (χ3v) is 3.54. The van der Waals surface area contributed by atoms with E-state index in [1.165, 1.54) is 0 Å². The van der Waals surface area contributed by atoms with Crippen LogP contribution in [-0.2, 0) is 16.1 Å². The van der Waals surface area contributed by atoms with E-state index in [2.05, 4.69) is 0 Å². The first-order valence-electron chi connectivity index (χ1n) is 6.28. The Morgan fingerprint density at radius 1 is 1.44 bits per heavy atom. The minimum Gasteiger partial charge on any atom is -0.365 e. The number of carbonyl (C=O) groups excluding carboxylic acids is 1. The number of hydrogen-bond donors (Lipinski definition) is 1. The lowest BCUT2D eigenvalue weighted by Gasteiger charge is -2.28. The van der Waals surface area contributed by atoms with Gasteiger partial charge in [-0.1, -0.05) is 12.1 Å². The van der Waals surface area contributed by atoms with Crippen molar-refractivity contribution in [2.75, 3.05) is 18.6 Å². The van der Waals surface area contributed by atoms with E-state index in [1.807, 2.05) is 31.2 Å². The molecule has 1 aliphatic rings. The van der Waals surface area contributed by atoms with Crippen molar-refractivity contribution in [2.45, 2.75) is 31.9 Å². The summed E-state index contributed by atoms with van der Waals surface area (Å²) in [6.07, 6.45) is 1.74. The molecule has 1 aliphatic heterocycles. The molecule has 1 amide bonds. The lowest BCUT2D eigenvalue weighted by Crippen LogP contribution is -2.45. The SMILES string of the molecule is CN(C(=O)C1(C)CCCO1)c1ccc(CN)cc1. The van der Waals surface area contributed by atoms with E-state index >= 15 is 0 Å². The molecule has 1 aromatic rings. The average molecular weight is 248 g/mol. The van der Waals surface area contributed by atoms with Gasteiger partial charge in [0.05, 0.1) is 0 Å². The Labute approximate surface area is 108 Å². The molecule has 0 bridgehead atoms. The van der Waals surface area contributed by atoms with Crippen molar-refractivity contribution in [3.63, 3.8) is 0 Å². The highest BCUT2D eigenvalue weighted by atomic mass is 16.5. The molecule has 0 aliphatic carbocycles. The summed E-state index contributed by atoms with van der Waals surface area (Å²) in [5.74, 6) is 0.0144. The summed E-state index contributed by atoms with van der Waals surface area (Å²) in [7, 11) is 1.78. The number of ether oxygens (including phenoxy) is 1. The molecule has 4 nitrogen and oxygen atoms in total. The highest BCUT2D eigenvalue weighted by Crippen LogP contribution is 2.28. The molecular weight excluding hydrogens is 228 g/mol.